The number of amides is 2. The SMILES string of the molecule is Cl.Cn1ccnc1C1CNCCN1C(=O)CNC(=O)Cc1cccc2ccccc12. The van der Waals surface area contributed by atoms with Gasteiger partial charge in [0.05, 0.1) is 13.0 Å². The van der Waals surface area contributed by atoms with Gasteiger partial charge in [0.15, 0.2) is 0 Å². The summed E-state index contributed by atoms with van der Waals surface area (Å²) in [4.78, 5) is 31.5. The third-order valence-electron chi connectivity index (χ3n) is 5.39. The van der Waals surface area contributed by atoms with Gasteiger partial charge in [-0.1, -0.05) is 42.5 Å². The summed E-state index contributed by atoms with van der Waals surface area (Å²) >= 11 is 0. The molecule has 7 nitrogen and oxygen atoms in total. The van der Waals surface area contributed by atoms with Crippen LogP contribution in [0.5, 0.6) is 0 Å². The molecule has 0 saturated carbocycles. The van der Waals surface area contributed by atoms with Crippen LogP contribution in [0.2, 0.25) is 0 Å². The molecule has 2 heterocycles. The van der Waals surface area contributed by atoms with Crippen LogP contribution in [0, 0.1) is 0 Å². The van der Waals surface area contributed by atoms with Crippen LogP contribution in [0.3, 0.4) is 0 Å². The Balaban J connectivity index is 0.00000256. The number of rotatable bonds is 5. The zero-order chi connectivity index (χ0) is 20.2. The Morgan fingerprint density at radius 3 is 2.80 bits per heavy atom. The second-order valence-electron chi connectivity index (χ2n) is 7.30. The summed E-state index contributed by atoms with van der Waals surface area (Å²) in [7, 11) is 1.92. The number of piperazine rings is 1. The van der Waals surface area contributed by atoms with Gasteiger partial charge in [0.25, 0.3) is 0 Å². The summed E-state index contributed by atoms with van der Waals surface area (Å²) in [5.41, 5.74) is 0.959. The third kappa shape index (κ3) is 4.63. The zero-order valence-electron chi connectivity index (χ0n) is 16.9. The van der Waals surface area contributed by atoms with Gasteiger partial charge in [0.2, 0.25) is 11.8 Å². The van der Waals surface area contributed by atoms with Gasteiger partial charge in [-0.2, -0.15) is 0 Å². The van der Waals surface area contributed by atoms with E-state index in [1.54, 1.807) is 11.1 Å². The van der Waals surface area contributed by atoms with Crippen molar-refractivity contribution in [3.63, 3.8) is 0 Å². The third-order valence-corrected chi connectivity index (χ3v) is 5.39. The fourth-order valence-electron chi connectivity index (χ4n) is 3.89. The van der Waals surface area contributed by atoms with E-state index in [4.69, 9.17) is 0 Å². The van der Waals surface area contributed by atoms with E-state index in [1.807, 2.05) is 60.3 Å². The van der Waals surface area contributed by atoms with Gasteiger partial charge in [0, 0.05) is 39.1 Å². The summed E-state index contributed by atoms with van der Waals surface area (Å²) in [6, 6.07) is 13.8. The minimum atomic E-state index is -0.154. The lowest BCUT2D eigenvalue weighted by Crippen LogP contribution is -2.52. The Bertz CT molecular complexity index is 1030. The zero-order valence-corrected chi connectivity index (χ0v) is 17.7. The van der Waals surface area contributed by atoms with Crippen molar-refractivity contribution in [3.8, 4) is 0 Å². The molecule has 1 unspecified atom stereocenters. The Morgan fingerprint density at radius 2 is 2.00 bits per heavy atom. The quantitative estimate of drug-likeness (QED) is 0.651. The van der Waals surface area contributed by atoms with E-state index in [-0.39, 0.29) is 43.2 Å². The number of hydrogen-bond acceptors (Lipinski definition) is 4. The number of hydrogen-bond donors (Lipinski definition) is 2. The maximum absolute atomic E-state index is 12.8. The van der Waals surface area contributed by atoms with E-state index in [0.717, 1.165) is 28.7 Å². The highest BCUT2D eigenvalue weighted by molar-refractivity contribution is 5.91. The van der Waals surface area contributed by atoms with Crippen molar-refractivity contribution < 1.29 is 9.59 Å². The van der Waals surface area contributed by atoms with Crippen LogP contribution in [0.25, 0.3) is 10.8 Å². The number of aryl methyl sites for hydroxylation is 1. The molecule has 1 aromatic heterocycles. The molecule has 3 aromatic rings. The van der Waals surface area contributed by atoms with Crippen molar-refractivity contribution in [1.29, 1.82) is 0 Å². The Kier molecular flexibility index (Phi) is 7.07. The number of nitrogens with one attached hydrogen (secondary N) is 2. The van der Waals surface area contributed by atoms with E-state index >= 15 is 0 Å². The first-order valence-electron chi connectivity index (χ1n) is 9.84. The summed E-state index contributed by atoms with van der Waals surface area (Å²) < 4.78 is 1.93. The molecule has 0 spiro atoms. The lowest BCUT2D eigenvalue weighted by atomic mass is 10.0. The molecular formula is C22H26ClN5O2. The minimum absolute atomic E-state index is 0. The highest BCUT2D eigenvalue weighted by Gasteiger charge is 2.30. The van der Waals surface area contributed by atoms with Crippen LogP contribution in [0.1, 0.15) is 17.4 Å². The number of carbonyl (C=O) groups is 2. The van der Waals surface area contributed by atoms with Crippen molar-refractivity contribution in [2.75, 3.05) is 26.2 Å². The number of carbonyl (C=O) groups excluding carboxylic acids is 2. The Labute approximate surface area is 181 Å². The molecule has 1 atom stereocenters. The molecule has 30 heavy (non-hydrogen) atoms. The van der Waals surface area contributed by atoms with E-state index in [2.05, 4.69) is 15.6 Å². The van der Waals surface area contributed by atoms with Gasteiger partial charge in [-0.25, -0.2) is 4.98 Å². The molecule has 1 aliphatic rings. The van der Waals surface area contributed by atoms with Crippen LogP contribution in [-0.2, 0) is 23.1 Å². The van der Waals surface area contributed by atoms with Gasteiger partial charge < -0.3 is 20.1 Å². The predicted molar refractivity (Wildman–Crippen MR) is 118 cm³/mol. The number of benzene rings is 2. The van der Waals surface area contributed by atoms with Crippen molar-refractivity contribution in [1.82, 2.24) is 25.1 Å². The molecule has 2 N–H and O–H groups in total. The molecular weight excluding hydrogens is 402 g/mol. The predicted octanol–water partition coefficient (Wildman–Crippen LogP) is 1.83. The van der Waals surface area contributed by atoms with Gasteiger partial charge >= 0.3 is 0 Å². The smallest absolute Gasteiger partial charge is 0.242 e. The average molecular weight is 428 g/mol. The fourth-order valence-corrected chi connectivity index (χ4v) is 3.89. The van der Waals surface area contributed by atoms with Gasteiger partial charge in [-0.15, -0.1) is 12.4 Å². The Morgan fingerprint density at radius 1 is 1.20 bits per heavy atom. The maximum atomic E-state index is 12.8. The number of aromatic nitrogens is 2. The van der Waals surface area contributed by atoms with Gasteiger partial charge in [0.1, 0.15) is 11.9 Å². The molecule has 2 amide bonds. The summed E-state index contributed by atoms with van der Waals surface area (Å²) in [5.74, 6) is 0.594. The van der Waals surface area contributed by atoms with Gasteiger partial charge in [-0.05, 0) is 16.3 Å². The van der Waals surface area contributed by atoms with Crippen molar-refractivity contribution in [3.05, 3.63) is 66.2 Å². The van der Waals surface area contributed by atoms with Crippen molar-refractivity contribution in [2.45, 2.75) is 12.5 Å². The van der Waals surface area contributed by atoms with Crippen LogP contribution in [0.15, 0.2) is 54.9 Å². The van der Waals surface area contributed by atoms with Crippen LogP contribution in [0.4, 0.5) is 0 Å². The number of imidazole rings is 1. The summed E-state index contributed by atoms with van der Waals surface area (Å²) in [5, 5.41) is 8.28. The molecule has 8 heteroatoms. The second kappa shape index (κ2) is 9.73. The first-order valence-corrected chi connectivity index (χ1v) is 9.84. The highest BCUT2D eigenvalue weighted by Crippen LogP contribution is 2.21. The molecule has 0 aliphatic carbocycles. The summed E-state index contributed by atoms with van der Waals surface area (Å²) in [6.07, 6.45) is 3.86. The molecule has 1 saturated heterocycles. The fraction of sp³-hybridized carbons (Fsp3) is 0.318. The van der Waals surface area contributed by atoms with Crippen LogP contribution >= 0.6 is 12.4 Å². The van der Waals surface area contributed by atoms with E-state index < -0.39 is 0 Å². The van der Waals surface area contributed by atoms with Crippen molar-refractivity contribution >= 4 is 35.0 Å². The number of nitrogens with zero attached hydrogens (tertiary/aromatic N) is 3. The second-order valence-corrected chi connectivity index (χ2v) is 7.30. The van der Waals surface area contributed by atoms with Gasteiger partial charge in [-0.3, -0.25) is 9.59 Å². The monoisotopic (exact) mass is 427 g/mol. The topological polar surface area (TPSA) is 79.3 Å². The van der Waals surface area contributed by atoms with E-state index in [1.165, 1.54) is 0 Å². The average Bonchev–Trinajstić information content (AvgIpc) is 3.18. The van der Waals surface area contributed by atoms with E-state index in [9.17, 15) is 9.59 Å². The first kappa shape index (κ1) is 21.8. The molecule has 1 aliphatic heterocycles. The molecule has 2 aromatic carbocycles. The van der Waals surface area contributed by atoms with Crippen LogP contribution < -0.4 is 10.6 Å². The number of fused-ring (bicyclic) bond motifs is 1. The maximum Gasteiger partial charge on any atom is 0.242 e. The van der Waals surface area contributed by atoms with E-state index in [0.29, 0.717) is 13.1 Å². The minimum Gasteiger partial charge on any atom is -0.347 e. The summed E-state index contributed by atoms with van der Waals surface area (Å²) in [6.45, 7) is 1.97. The highest BCUT2D eigenvalue weighted by atomic mass is 35.5. The molecule has 4 rings (SSSR count). The largest absolute Gasteiger partial charge is 0.347 e. The lowest BCUT2D eigenvalue weighted by molar-refractivity contribution is -0.135. The number of halogens is 1. The molecule has 0 radical (unpaired) electrons. The van der Waals surface area contributed by atoms with Crippen LogP contribution in [-0.4, -0.2) is 52.4 Å². The molecule has 158 valence electrons. The normalized spacial score (nSPS) is 16.2. The standard InChI is InChI=1S/C22H25N5O2.ClH/c1-26-11-10-24-22(26)19-14-23-9-12-27(19)21(29)15-25-20(28)13-17-7-4-6-16-5-2-3-8-18(16)17;/h2-8,10-11,19,23H,9,12-15H2,1H3,(H,25,28);1H. The molecule has 1 fully saturated rings. The first-order chi connectivity index (χ1) is 14.1. The Hall–Kier alpha value is -2.90. The molecule has 0 bridgehead atoms. The lowest BCUT2D eigenvalue weighted by Gasteiger charge is -2.35. The van der Waals surface area contributed by atoms with Crippen molar-refractivity contribution in [2.24, 2.45) is 7.05 Å².